The predicted octanol–water partition coefficient (Wildman–Crippen LogP) is 3.24. The third-order valence-corrected chi connectivity index (χ3v) is 3.83. The smallest absolute Gasteiger partial charge is 0.227 e. The zero-order valence-corrected chi connectivity index (χ0v) is 14.0. The van der Waals surface area contributed by atoms with Crippen LogP contribution in [-0.4, -0.2) is 19.9 Å². The molecule has 0 aliphatic heterocycles. The number of aryl methyl sites for hydroxylation is 2. The molecule has 2 heterocycles. The zero-order valence-electron chi connectivity index (χ0n) is 12.5. The largest absolute Gasteiger partial charge is 0.399 e. The first-order valence-electron chi connectivity index (χ1n) is 6.82. The monoisotopic (exact) mass is 375 g/mol. The van der Waals surface area contributed by atoms with Gasteiger partial charge >= 0.3 is 0 Å². The molecule has 3 rings (SSSR count). The number of anilines is 3. The number of rotatable bonds is 5. The van der Waals surface area contributed by atoms with E-state index >= 15 is 0 Å². The summed E-state index contributed by atoms with van der Waals surface area (Å²) >= 11 is 3.49. The van der Waals surface area contributed by atoms with Gasteiger partial charge in [0.05, 0.1) is 16.5 Å². The van der Waals surface area contributed by atoms with Crippen molar-refractivity contribution in [3.63, 3.8) is 0 Å². The lowest BCUT2D eigenvalue weighted by Crippen LogP contribution is -2.02. The molecular weight excluding hydrogens is 358 g/mol. The van der Waals surface area contributed by atoms with Gasteiger partial charge in [0, 0.05) is 29.5 Å². The van der Waals surface area contributed by atoms with E-state index in [1.807, 2.05) is 30.5 Å². The molecule has 0 aliphatic carbocycles. The number of nitrogens with zero attached hydrogens (tertiary/aromatic N) is 3. The Morgan fingerprint density at radius 3 is 2.61 bits per heavy atom. The fourth-order valence-corrected chi connectivity index (χ4v) is 2.40. The number of hydrogen-bond acceptors (Lipinski definition) is 6. The number of hydrogen-bond donors (Lipinski definition) is 4. The second-order valence-corrected chi connectivity index (χ2v) is 5.67. The summed E-state index contributed by atoms with van der Waals surface area (Å²) in [6, 6.07) is 7.46. The number of halogens is 1. The van der Waals surface area contributed by atoms with E-state index in [0.29, 0.717) is 5.95 Å². The van der Waals surface area contributed by atoms with Gasteiger partial charge in [-0.15, -0.1) is 0 Å². The molecule has 3 aromatic rings. The predicted molar refractivity (Wildman–Crippen MR) is 94.9 cm³/mol. The van der Waals surface area contributed by atoms with Gasteiger partial charge in [-0.3, -0.25) is 0 Å². The van der Waals surface area contributed by atoms with Gasteiger partial charge in [-0.1, -0.05) is 0 Å². The molecule has 0 atom stereocenters. The van der Waals surface area contributed by atoms with E-state index in [2.05, 4.69) is 41.2 Å². The van der Waals surface area contributed by atoms with Crippen LogP contribution in [0.4, 0.5) is 17.3 Å². The fraction of sp³-hybridized carbons (Fsp3) is 0.133. The minimum atomic E-state index is 0. The van der Waals surface area contributed by atoms with Crippen LogP contribution in [0.15, 0.2) is 47.5 Å². The van der Waals surface area contributed by atoms with Gasteiger partial charge in [0.25, 0.3) is 0 Å². The first-order chi connectivity index (χ1) is 10.7. The number of aromatic amines is 1. The van der Waals surface area contributed by atoms with Crippen LogP contribution in [0.2, 0.25) is 0 Å². The summed E-state index contributed by atoms with van der Waals surface area (Å²) in [5.74, 6) is 0.563. The van der Waals surface area contributed by atoms with Crippen molar-refractivity contribution in [2.24, 2.45) is 0 Å². The summed E-state index contributed by atoms with van der Waals surface area (Å²) < 4.78 is 0.898. The Labute approximate surface area is 142 Å². The van der Waals surface area contributed by atoms with E-state index in [9.17, 15) is 0 Å². The fourth-order valence-electron chi connectivity index (χ4n) is 2.01. The van der Waals surface area contributed by atoms with Crippen LogP contribution < -0.4 is 17.2 Å². The summed E-state index contributed by atoms with van der Waals surface area (Å²) in [6.45, 7) is 0. The molecule has 23 heavy (non-hydrogen) atoms. The molecule has 0 bridgehead atoms. The van der Waals surface area contributed by atoms with Gasteiger partial charge in [-0.25, -0.2) is 15.0 Å². The van der Waals surface area contributed by atoms with Crippen molar-refractivity contribution < 1.29 is 0 Å². The van der Waals surface area contributed by atoms with Gasteiger partial charge in [0.1, 0.15) is 0 Å². The summed E-state index contributed by atoms with van der Waals surface area (Å²) in [5.41, 5.74) is 9.33. The Morgan fingerprint density at radius 1 is 1.13 bits per heavy atom. The van der Waals surface area contributed by atoms with E-state index in [0.717, 1.165) is 40.1 Å². The molecule has 1 aromatic carbocycles. The van der Waals surface area contributed by atoms with Gasteiger partial charge < -0.3 is 22.2 Å². The normalized spacial score (nSPS) is 10.1. The van der Waals surface area contributed by atoms with Crippen molar-refractivity contribution in [3.05, 3.63) is 58.8 Å². The lowest BCUT2D eigenvalue weighted by molar-refractivity contribution is 0.874. The SMILES string of the molecule is N.Nc1ccc(Nc2ncc(Br)c(CCc3cnc[nH]3)n2)cc1. The molecule has 0 saturated heterocycles. The standard InChI is InChI=1S/C15H15BrN6.H3N/c16-13-8-19-15(21-11-3-1-10(17)2-4-11)22-14(13)6-5-12-7-18-9-20-12;/h1-4,7-9H,5-6,17H2,(H,18,20)(H,19,21,22);1H3. The maximum absolute atomic E-state index is 5.68. The highest BCUT2D eigenvalue weighted by Crippen LogP contribution is 2.20. The second-order valence-electron chi connectivity index (χ2n) is 4.81. The van der Waals surface area contributed by atoms with Crippen molar-refractivity contribution in [2.75, 3.05) is 11.1 Å². The molecule has 8 heteroatoms. The summed E-state index contributed by atoms with van der Waals surface area (Å²) in [7, 11) is 0. The van der Waals surface area contributed by atoms with Gasteiger partial charge in [0.2, 0.25) is 5.95 Å². The lowest BCUT2D eigenvalue weighted by atomic mass is 10.2. The maximum Gasteiger partial charge on any atom is 0.227 e. The molecule has 0 saturated carbocycles. The third-order valence-electron chi connectivity index (χ3n) is 3.17. The Kier molecular flexibility index (Phi) is 5.67. The van der Waals surface area contributed by atoms with E-state index in [-0.39, 0.29) is 6.15 Å². The number of nitrogens with one attached hydrogen (secondary N) is 2. The topological polar surface area (TPSA) is 128 Å². The molecular formula is C15H18BrN7. The van der Waals surface area contributed by atoms with Crippen molar-refractivity contribution >= 4 is 33.3 Å². The quantitative estimate of drug-likeness (QED) is 0.506. The average molecular weight is 376 g/mol. The van der Waals surface area contributed by atoms with Crippen molar-refractivity contribution in [3.8, 4) is 0 Å². The van der Waals surface area contributed by atoms with Crippen LogP contribution in [0.3, 0.4) is 0 Å². The Balaban J connectivity index is 0.00000192. The van der Waals surface area contributed by atoms with Crippen LogP contribution in [0, 0.1) is 0 Å². The number of benzene rings is 1. The van der Waals surface area contributed by atoms with Gasteiger partial charge in [-0.05, 0) is 53.0 Å². The van der Waals surface area contributed by atoms with Crippen molar-refractivity contribution in [1.29, 1.82) is 0 Å². The molecule has 0 spiro atoms. The highest BCUT2D eigenvalue weighted by atomic mass is 79.9. The first-order valence-corrected chi connectivity index (χ1v) is 7.61. The Hall–Kier alpha value is -2.45. The van der Waals surface area contributed by atoms with Crippen LogP contribution in [0.1, 0.15) is 11.4 Å². The minimum Gasteiger partial charge on any atom is -0.399 e. The molecule has 0 fully saturated rings. The third kappa shape index (κ3) is 4.51. The molecule has 0 unspecified atom stereocenters. The molecule has 0 amide bonds. The molecule has 120 valence electrons. The van der Waals surface area contributed by atoms with Crippen LogP contribution in [-0.2, 0) is 12.8 Å². The van der Waals surface area contributed by atoms with E-state index < -0.39 is 0 Å². The lowest BCUT2D eigenvalue weighted by Gasteiger charge is -2.08. The van der Waals surface area contributed by atoms with Crippen LogP contribution >= 0.6 is 15.9 Å². The first kappa shape index (κ1) is 16.9. The Bertz CT molecular complexity index is 741. The number of imidazole rings is 1. The number of nitrogens with two attached hydrogens (primary N) is 1. The molecule has 0 radical (unpaired) electrons. The van der Waals surface area contributed by atoms with Crippen LogP contribution in [0.5, 0.6) is 0 Å². The number of H-pyrrole nitrogens is 1. The molecule has 7 nitrogen and oxygen atoms in total. The highest BCUT2D eigenvalue weighted by Gasteiger charge is 2.07. The zero-order chi connectivity index (χ0) is 15.4. The summed E-state index contributed by atoms with van der Waals surface area (Å²) in [4.78, 5) is 15.9. The average Bonchev–Trinajstić information content (AvgIpc) is 3.03. The number of aromatic nitrogens is 4. The minimum absolute atomic E-state index is 0. The summed E-state index contributed by atoms with van der Waals surface area (Å²) in [6.07, 6.45) is 6.90. The Morgan fingerprint density at radius 2 is 1.91 bits per heavy atom. The molecule has 0 aliphatic rings. The van der Waals surface area contributed by atoms with Gasteiger partial charge in [0.15, 0.2) is 0 Å². The van der Waals surface area contributed by atoms with E-state index in [1.165, 1.54) is 0 Å². The van der Waals surface area contributed by atoms with Crippen LogP contribution in [0.25, 0.3) is 0 Å². The van der Waals surface area contributed by atoms with E-state index in [4.69, 9.17) is 5.73 Å². The van der Waals surface area contributed by atoms with Gasteiger partial charge in [-0.2, -0.15) is 0 Å². The molecule has 2 aromatic heterocycles. The van der Waals surface area contributed by atoms with Crippen molar-refractivity contribution in [2.45, 2.75) is 12.8 Å². The molecule has 7 N–H and O–H groups in total. The van der Waals surface area contributed by atoms with Crippen molar-refractivity contribution in [1.82, 2.24) is 26.1 Å². The maximum atomic E-state index is 5.68. The number of nitrogen functional groups attached to an aromatic ring is 1. The second kappa shape index (κ2) is 7.70. The van der Waals surface area contributed by atoms with E-state index in [1.54, 1.807) is 12.5 Å². The summed E-state index contributed by atoms with van der Waals surface area (Å²) in [5, 5.41) is 3.17. The highest BCUT2D eigenvalue weighted by molar-refractivity contribution is 9.10.